The molecular formula is C22H25N3O2. The zero-order valence-corrected chi connectivity index (χ0v) is 15.3. The van der Waals surface area contributed by atoms with Gasteiger partial charge in [-0.25, -0.2) is 0 Å². The van der Waals surface area contributed by atoms with Gasteiger partial charge in [0.25, 0.3) is 0 Å². The Morgan fingerprint density at radius 2 is 1.89 bits per heavy atom. The van der Waals surface area contributed by atoms with Gasteiger partial charge >= 0.3 is 0 Å². The van der Waals surface area contributed by atoms with Crippen LogP contribution in [0.25, 0.3) is 0 Å². The summed E-state index contributed by atoms with van der Waals surface area (Å²) in [5, 5.41) is 9.81. The van der Waals surface area contributed by atoms with E-state index in [-0.39, 0.29) is 11.5 Å². The van der Waals surface area contributed by atoms with Crippen molar-refractivity contribution in [1.82, 2.24) is 4.90 Å². The third kappa shape index (κ3) is 3.55. The van der Waals surface area contributed by atoms with Crippen molar-refractivity contribution in [2.75, 3.05) is 24.5 Å². The highest BCUT2D eigenvalue weighted by molar-refractivity contribution is 6.06. The molecule has 0 aliphatic carbocycles. The average Bonchev–Trinajstić information content (AvgIpc) is 3.28. The number of para-hydroxylation sites is 1. The van der Waals surface area contributed by atoms with Gasteiger partial charge in [-0.1, -0.05) is 24.3 Å². The monoisotopic (exact) mass is 363 g/mol. The molecule has 2 aromatic carbocycles. The number of anilines is 1. The number of nitrogens with two attached hydrogens (primary N) is 1. The van der Waals surface area contributed by atoms with Gasteiger partial charge in [0.15, 0.2) is 5.78 Å². The van der Waals surface area contributed by atoms with E-state index in [2.05, 4.69) is 34.1 Å². The fraction of sp³-hybridized carbons (Fsp3) is 0.318. The van der Waals surface area contributed by atoms with Crippen molar-refractivity contribution in [2.24, 2.45) is 5.73 Å². The Balaban J connectivity index is 1.38. The molecule has 2 aromatic rings. The Labute approximate surface area is 159 Å². The van der Waals surface area contributed by atoms with Crippen molar-refractivity contribution in [1.29, 1.82) is 0 Å². The second kappa shape index (κ2) is 7.45. The van der Waals surface area contributed by atoms with E-state index in [1.807, 2.05) is 6.20 Å². The van der Waals surface area contributed by atoms with Crippen LogP contribution in [0.1, 0.15) is 22.3 Å². The number of hydrogen-bond acceptors (Lipinski definition) is 5. The van der Waals surface area contributed by atoms with Crippen LogP contribution in [0.3, 0.4) is 0 Å². The fourth-order valence-corrected chi connectivity index (χ4v) is 4.15. The number of likely N-dealkylation sites (tertiary alicyclic amines) is 1. The normalized spacial score (nSPS) is 21.4. The van der Waals surface area contributed by atoms with Crippen LogP contribution in [0.2, 0.25) is 0 Å². The van der Waals surface area contributed by atoms with E-state index in [0.29, 0.717) is 24.2 Å². The second-order valence-corrected chi connectivity index (χ2v) is 7.29. The lowest BCUT2D eigenvalue weighted by atomic mass is 10.1. The molecule has 0 unspecified atom stereocenters. The number of hydrogen-bond donors (Lipinski definition) is 2. The quantitative estimate of drug-likeness (QED) is 0.610. The number of benzene rings is 2. The van der Waals surface area contributed by atoms with Crippen LogP contribution in [0.15, 0.2) is 60.8 Å². The zero-order chi connectivity index (χ0) is 18.8. The Kier molecular flexibility index (Phi) is 4.86. The van der Waals surface area contributed by atoms with Gasteiger partial charge < -0.3 is 20.6 Å². The second-order valence-electron chi connectivity index (χ2n) is 7.29. The maximum atomic E-state index is 12.3. The van der Waals surface area contributed by atoms with E-state index >= 15 is 0 Å². The Morgan fingerprint density at radius 3 is 2.56 bits per heavy atom. The van der Waals surface area contributed by atoms with E-state index in [4.69, 9.17) is 5.73 Å². The van der Waals surface area contributed by atoms with E-state index in [1.54, 1.807) is 24.3 Å². The van der Waals surface area contributed by atoms with Crippen LogP contribution in [-0.4, -0.2) is 47.5 Å². The molecular weight excluding hydrogens is 338 g/mol. The molecule has 0 radical (unpaired) electrons. The van der Waals surface area contributed by atoms with Crippen molar-refractivity contribution in [3.63, 3.8) is 0 Å². The van der Waals surface area contributed by atoms with Crippen molar-refractivity contribution in [3.05, 3.63) is 71.9 Å². The van der Waals surface area contributed by atoms with Gasteiger partial charge in [0.1, 0.15) is 5.75 Å². The SMILES string of the molecule is NCCc1ccc(N2C[C@H]3C[C@@H]2CN3/C=C/C(=O)c2ccccc2O)cc1. The summed E-state index contributed by atoms with van der Waals surface area (Å²) in [5.74, 6) is -0.137. The Morgan fingerprint density at radius 1 is 1.11 bits per heavy atom. The number of carbonyl (C=O) groups excluding carboxylic acids is 1. The zero-order valence-electron chi connectivity index (χ0n) is 15.3. The first-order valence-corrected chi connectivity index (χ1v) is 9.47. The van der Waals surface area contributed by atoms with Crippen LogP contribution in [0.4, 0.5) is 5.69 Å². The maximum absolute atomic E-state index is 12.3. The van der Waals surface area contributed by atoms with Crippen LogP contribution < -0.4 is 10.6 Å². The summed E-state index contributed by atoms with van der Waals surface area (Å²) in [5.41, 5.74) is 8.50. The fourth-order valence-electron chi connectivity index (χ4n) is 4.15. The molecule has 2 fully saturated rings. The summed E-state index contributed by atoms with van der Waals surface area (Å²) < 4.78 is 0. The van der Waals surface area contributed by atoms with Crippen LogP contribution in [0.5, 0.6) is 5.75 Å². The number of phenolic OH excluding ortho intramolecular Hbond substituents is 1. The molecule has 2 aliphatic rings. The predicted molar refractivity (Wildman–Crippen MR) is 107 cm³/mol. The van der Waals surface area contributed by atoms with Gasteiger partial charge in [-0.3, -0.25) is 4.79 Å². The highest BCUT2D eigenvalue weighted by Gasteiger charge is 2.42. The van der Waals surface area contributed by atoms with Crippen LogP contribution >= 0.6 is 0 Å². The van der Waals surface area contributed by atoms with E-state index in [1.165, 1.54) is 17.3 Å². The first-order chi connectivity index (χ1) is 13.2. The van der Waals surface area contributed by atoms with Crippen molar-refractivity contribution >= 4 is 11.5 Å². The molecule has 5 heteroatoms. The number of allylic oxidation sites excluding steroid dienone is 1. The smallest absolute Gasteiger partial charge is 0.190 e. The Bertz CT molecular complexity index is 847. The molecule has 0 spiro atoms. The third-order valence-corrected chi connectivity index (χ3v) is 5.57. The van der Waals surface area contributed by atoms with Crippen molar-refractivity contribution in [2.45, 2.75) is 24.9 Å². The van der Waals surface area contributed by atoms with E-state index in [0.717, 1.165) is 25.9 Å². The summed E-state index contributed by atoms with van der Waals surface area (Å²) >= 11 is 0. The molecule has 3 N–H and O–H groups in total. The molecule has 5 nitrogen and oxygen atoms in total. The minimum atomic E-state index is -0.164. The highest BCUT2D eigenvalue weighted by Crippen LogP contribution is 2.34. The molecule has 2 atom stereocenters. The Hall–Kier alpha value is -2.79. The lowest BCUT2D eigenvalue weighted by molar-refractivity contribution is 0.104. The predicted octanol–water partition coefficient (Wildman–Crippen LogP) is 2.55. The number of fused-ring (bicyclic) bond motifs is 2. The lowest BCUT2D eigenvalue weighted by Crippen LogP contribution is -2.44. The number of piperazine rings is 1. The summed E-state index contributed by atoms with van der Waals surface area (Å²) in [6.07, 6.45) is 5.48. The number of phenols is 1. The molecule has 2 saturated heterocycles. The van der Waals surface area contributed by atoms with Gasteiger partial charge in [-0.2, -0.15) is 0 Å². The van der Waals surface area contributed by atoms with Gasteiger partial charge in [0.2, 0.25) is 0 Å². The summed E-state index contributed by atoms with van der Waals surface area (Å²) in [6, 6.07) is 16.3. The molecule has 27 heavy (non-hydrogen) atoms. The van der Waals surface area contributed by atoms with E-state index < -0.39 is 0 Å². The number of ketones is 1. The number of nitrogens with zero attached hydrogens (tertiary/aromatic N) is 2. The van der Waals surface area contributed by atoms with Crippen molar-refractivity contribution < 1.29 is 9.90 Å². The van der Waals surface area contributed by atoms with E-state index in [9.17, 15) is 9.90 Å². The minimum Gasteiger partial charge on any atom is -0.507 e. The minimum absolute atomic E-state index is 0.0272. The summed E-state index contributed by atoms with van der Waals surface area (Å²) in [7, 11) is 0. The molecule has 0 aromatic heterocycles. The van der Waals surface area contributed by atoms with Gasteiger partial charge in [-0.15, -0.1) is 0 Å². The first kappa shape index (κ1) is 17.6. The van der Waals surface area contributed by atoms with Gasteiger partial charge in [0, 0.05) is 43.1 Å². The largest absolute Gasteiger partial charge is 0.507 e. The van der Waals surface area contributed by atoms with Crippen molar-refractivity contribution in [3.8, 4) is 5.75 Å². The molecule has 0 amide bonds. The molecule has 0 saturated carbocycles. The molecule has 2 heterocycles. The summed E-state index contributed by atoms with van der Waals surface area (Å²) in [6.45, 7) is 2.56. The third-order valence-electron chi connectivity index (χ3n) is 5.57. The number of rotatable bonds is 6. The topological polar surface area (TPSA) is 69.8 Å². The highest BCUT2D eigenvalue weighted by atomic mass is 16.3. The standard InChI is InChI=1S/C22H25N3O2/c23-11-9-16-5-7-17(8-6-16)25-15-18-13-19(25)14-24(18)12-10-22(27)20-3-1-2-4-21(20)26/h1-8,10,12,18-19,26H,9,11,13-15,23H2/b12-10+/t18-,19-/m1/s1. The van der Waals surface area contributed by atoms with Gasteiger partial charge in [0.05, 0.1) is 5.56 Å². The maximum Gasteiger partial charge on any atom is 0.190 e. The number of carbonyl (C=O) groups is 1. The van der Waals surface area contributed by atoms with Crippen LogP contribution in [0, 0.1) is 0 Å². The average molecular weight is 363 g/mol. The molecule has 140 valence electrons. The lowest BCUT2D eigenvalue weighted by Gasteiger charge is -2.35. The van der Waals surface area contributed by atoms with Crippen LogP contribution in [-0.2, 0) is 6.42 Å². The number of aromatic hydroxyl groups is 1. The molecule has 4 rings (SSSR count). The first-order valence-electron chi connectivity index (χ1n) is 9.47. The molecule has 2 aliphatic heterocycles. The van der Waals surface area contributed by atoms with Gasteiger partial charge in [-0.05, 0) is 49.2 Å². The molecule has 2 bridgehead atoms. The summed E-state index contributed by atoms with van der Waals surface area (Å²) in [4.78, 5) is 17.0.